The Morgan fingerprint density at radius 1 is 1.50 bits per heavy atom. The molecule has 0 radical (unpaired) electrons. The van der Waals surface area contributed by atoms with E-state index in [1.165, 1.54) is 0 Å². The van der Waals surface area contributed by atoms with E-state index >= 15 is 0 Å². The Morgan fingerprint density at radius 3 is 3.00 bits per heavy atom. The van der Waals surface area contributed by atoms with Gasteiger partial charge in [-0.2, -0.15) is 0 Å². The maximum Gasteiger partial charge on any atom is 0.287 e. The maximum absolute atomic E-state index is 11.8. The highest BCUT2D eigenvalue weighted by Gasteiger charge is 2.13. The van der Waals surface area contributed by atoms with Crippen LogP contribution in [0.25, 0.3) is 11.0 Å². The Morgan fingerprint density at radius 2 is 2.28 bits per heavy atom. The molecule has 0 bridgehead atoms. The summed E-state index contributed by atoms with van der Waals surface area (Å²) in [7, 11) is 1.57. The number of fused-ring (bicyclic) bond motifs is 1. The second-order valence-corrected chi connectivity index (χ2v) is 4.53. The van der Waals surface area contributed by atoms with Crippen LogP contribution in [0.1, 0.15) is 10.6 Å². The van der Waals surface area contributed by atoms with Gasteiger partial charge >= 0.3 is 0 Å². The van der Waals surface area contributed by atoms with Crippen molar-refractivity contribution in [2.24, 2.45) is 0 Å². The molecule has 1 N–H and O–H groups in total. The average molecular weight is 268 g/mol. The van der Waals surface area contributed by atoms with Gasteiger partial charge in [-0.05, 0) is 12.1 Å². The minimum absolute atomic E-state index is 0.247. The first kappa shape index (κ1) is 12.9. The number of para-hydroxylation sites is 1. The quantitative estimate of drug-likeness (QED) is 0.847. The van der Waals surface area contributed by atoms with Crippen molar-refractivity contribution in [3.63, 3.8) is 0 Å². The number of furan rings is 1. The zero-order valence-corrected chi connectivity index (χ0v) is 10.7. The molecule has 0 saturated carbocycles. The van der Waals surface area contributed by atoms with Gasteiger partial charge in [0, 0.05) is 19.0 Å². The lowest BCUT2D eigenvalue weighted by Gasteiger charge is -2.08. The number of amides is 1. The summed E-state index contributed by atoms with van der Waals surface area (Å²) in [5.41, 5.74) is 0.696. The smallest absolute Gasteiger partial charge is 0.287 e. The standard InChI is InChI=1S/C13H14ClNO3/c1-17-8-10(14)7-15-13(16)12-6-9-4-2-3-5-11(9)18-12/h2-6,10H,7-8H2,1H3,(H,15,16). The van der Waals surface area contributed by atoms with E-state index in [-0.39, 0.29) is 17.0 Å². The summed E-state index contributed by atoms with van der Waals surface area (Å²) in [5.74, 6) is 0.0189. The molecule has 18 heavy (non-hydrogen) atoms. The van der Waals surface area contributed by atoms with E-state index in [1.807, 2.05) is 24.3 Å². The van der Waals surface area contributed by atoms with Crippen LogP contribution in [-0.2, 0) is 4.74 Å². The highest BCUT2D eigenvalue weighted by atomic mass is 35.5. The number of hydrogen-bond acceptors (Lipinski definition) is 3. The predicted molar refractivity (Wildman–Crippen MR) is 70.1 cm³/mol. The van der Waals surface area contributed by atoms with Crippen molar-refractivity contribution in [2.75, 3.05) is 20.3 Å². The summed E-state index contributed by atoms with van der Waals surface area (Å²) in [5, 5.41) is 3.36. The first-order chi connectivity index (χ1) is 8.70. The number of nitrogens with one attached hydrogen (secondary N) is 1. The third-order valence-corrected chi connectivity index (χ3v) is 2.76. The molecule has 4 nitrogen and oxygen atoms in total. The van der Waals surface area contributed by atoms with E-state index in [9.17, 15) is 4.79 Å². The molecular weight excluding hydrogens is 254 g/mol. The molecule has 1 aromatic heterocycles. The van der Waals surface area contributed by atoms with Crippen molar-refractivity contribution < 1.29 is 13.9 Å². The first-order valence-corrected chi connectivity index (χ1v) is 6.04. The van der Waals surface area contributed by atoms with Gasteiger partial charge in [-0.3, -0.25) is 4.79 Å². The van der Waals surface area contributed by atoms with Gasteiger partial charge in [0.15, 0.2) is 5.76 Å². The van der Waals surface area contributed by atoms with Gasteiger partial charge in [0.1, 0.15) is 5.58 Å². The number of halogens is 1. The van der Waals surface area contributed by atoms with Crippen LogP contribution in [0, 0.1) is 0 Å². The highest BCUT2D eigenvalue weighted by molar-refractivity contribution is 6.21. The minimum atomic E-state index is -0.270. The average Bonchev–Trinajstić information content (AvgIpc) is 2.80. The molecule has 2 rings (SSSR count). The van der Waals surface area contributed by atoms with Crippen LogP contribution >= 0.6 is 11.6 Å². The van der Waals surface area contributed by atoms with Crippen molar-refractivity contribution in [1.29, 1.82) is 0 Å². The second-order valence-electron chi connectivity index (χ2n) is 3.91. The third kappa shape index (κ3) is 3.03. The Hall–Kier alpha value is -1.52. The molecule has 0 fully saturated rings. The minimum Gasteiger partial charge on any atom is -0.451 e. The lowest BCUT2D eigenvalue weighted by Crippen LogP contribution is -2.31. The number of benzene rings is 1. The summed E-state index contributed by atoms with van der Waals surface area (Å²) in [6, 6.07) is 9.18. The summed E-state index contributed by atoms with van der Waals surface area (Å²) >= 11 is 5.92. The molecule has 1 aromatic carbocycles. The van der Waals surface area contributed by atoms with Gasteiger partial charge in [0.05, 0.1) is 12.0 Å². The van der Waals surface area contributed by atoms with E-state index in [0.29, 0.717) is 18.7 Å². The van der Waals surface area contributed by atoms with Gasteiger partial charge in [0.2, 0.25) is 0 Å². The number of alkyl halides is 1. The third-order valence-electron chi connectivity index (χ3n) is 2.48. The number of carbonyl (C=O) groups excluding carboxylic acids is 1. The van der Waals surface area contributed by atoms with E-state index in [0.717, 1.165) is 5.39 Å². The second kappa shape index (κ2) is 5.89. The molecule has 5 heteroatoms. The van der Waals surface area contributed by atoms with Gasteiger partial charge in [-0.15, -0.1) is 11.6 Å². The predicted octanol–water partition coefficient (Wildman–Crippen LogP) is 2.42. The fourth-order valence-corrected chi connectivity index (χ4v) is 1.83. The van der Waals surface area contributed by atoms with E-state index in [2.05, 4.69) is 5.32 Å². The largest absolute Gasteiger partial charge is 0.451 e. The fraction of sp³-hybridized carbons (Fsp3) is 0.308. The van der Waals surface area contributed by atoms with E-state index < -0.39 is 0 Å². The molecule has 1 atom stereocenters. The summed E-state index contributed by atoms with van der Waals surface area (Å²) < 4.78 is 10.3. The fourth-order valence-electron chi connectivity index (χ4n) is 1.62. The molecule has 96 valence electrons. The van der Waals surface area contributed by atoms with Gasteiger partial charge < -0.3 is 14.5 Å². The van der Waals surface area contributed by atoms with E-state index in [4.69, 9.17) is 20.8 Å². The Labute approximate surface area is 110 Å². The van der Waals surface area contributed by atoms with Crippen molar-refractivity contribution in [1.82, 2.24) is 5.32 Å². The molecule has 1 heterocycles. The van der Waals surface area contributed by atoms with Crippen molar-refractivity contribution >= 4 is 28.5 Å². The number of rotatable bonds is 5. The molecule has 0 spiro atoms. The van der Waals surface area contributed by atoms with Gasteiger partial charge in [0.25, 0.3) is 5.91 Å². The molecule has 0 aliphatic carbocycles. The molecular formula is C13H14ClNO3. The van der Waals surface area contributed by atoms with Crippen LogP contribution in [0.5, 0.6) is 0 Å². The molecule has 0 saturated heterocycles. The van der Waals surface area contributed by atoms with Crippen LogP contribution in [0.3, 0.4) is 0 Å². The molecule has 0 aliphatic heterocycles. The number of hydrogen-bond donors (Lipinski definition) is 1. The summed E-state index contributed by atoms with van der Waals surface area (Å²) in [6.45, 7) is 0.729. The lowest BCUT2D eigenvalue weighted by molar-refractivity contribution is 0.0924. The highest BCUT2D eigenvalue weighted by Crippen LogP contribution is 2.18. The van der Waals surface area contributed by atoms with Crippen molar-refractivity contribution in [2.45, 2.75) is 5.38 Å². The van der Waals surface area contributed by atoms with Crippen LogP contribution in [0.2, 0.25) is 0 Å². The Bertz CT molecular complexity index is 505. The Kier molecular flexibility index (Phi) is 4.23. The first-order valence-electron chi connectivity index (χ1n) is 5.60. The SMILES string of the molecule is COCC(Cl)CNC(=O)c1cc2ccccc2o1. The Balaban J connectivity index is 2.00. The zero-order valence-electron chi connectivity index (χ0n) is 9.98. The summed E-state index contributed by atoms with van der Waals surface area (Å²) in [4.78, 5) is 11.8. The number of methoxy groups -OCH3 is 1. The number of ether oxygens (including phenoxy) is 1. The topological polar surface area (TPSA) is 51.5 Å². The van der Waals surface area contributed by atoms with Crippen LogP contribution < -0.4 is 5.32 Å². The zero-order chi connectivity index (χ0) is 13.0. The van der Waals surface area contributed by atoms with E-state index in [1.54, 1.807) is 13.2 Å². The molecule has 1 amide bonds. The van der Waals surface area contributed by atoms with Crippen molar-refractivity contribution in [3.8, 4) is 0 Å². The molecule has 2 aromatic rings. The van der Waals surface area contributed by atoms with Crippen LogP contribution in [-0.4, -0.2) is 31.5 Å². The molecule has 0 aliphatic rings. The number of carbonyl (C=O) groups is 1. The van der Waals surface area contributed by atoms with Crippen molar-refractivity contribution in [3.05, 3.63) is 36.1 Å². The van der Waals surface area contributed by atoms with Gasteiger partial charge in [-0.25, -0.2) is 0 Å². The van der Waals surface area contributed by atoms with Crippen LogP contribution in [0.15, 0.2) is 34.7 Å². The van der Waals surface area contributed by atoms with Crippen LogP contribution in [0.4, 0.5) is 0 Å². The lowest BCUT2D eigenvalue weighted by atomic mass is 10.2. The molecule has 1 unspecified atom stereocenters. The monoisotopic (exact) mass is 267 g/mol. The summed E-state index contributed by atoms with van der Waals surface area (Å²) in [6.07, 6.45) is 0. The van der Waals surface area contributed by atoms with Gasteiger partial charge in [-0.1, -0.05) is 18.2 Å². The maximum atomic E-state index is 11.8. The normalized spacial score (nSPS) is 12.6.